The van der Waals surface area contributed by atoms with Gasteiger partial charge < -0.3 is 4.90 Å². The Balaban J connectivity index is 2.28. The normalized spacial score (nSPS) is 20.8. The third-order valence-electron chi connectivity index (χ3n) is 3.66. The zero-order chi connectivity index (χ0) is 11.1. The first-order chi connectivity index (χ1) is 7.27. The van der Waals surface area contributed by atoms with Crippen molar-refractivity contribution in [3.8, 4) is 0 Å². The van der Waals surface area contributed by atoms with E-state index in [1.165, 1.54) is 51.5 Å². The Hall–Kier alpha value is 0.440. The van der Waals surface area contributed by atoms with Gasteiger partial charge in [-0.15, -0.1) is 0 Å². The van der Waals surface area contributed by atoms with Crippen LogP contribution in [0, 0.1) is 5.92 Å². The summed E-state index contributed by atoms with van der Waals surface area (Å²) in [5, 5.41) is 1.16. The third kappa shape index (κ3) is 4.86. The lowest BCUT2D eigenvalue weighted by Gasteiger charge is -2.33. The molecule has 1 rings (SSSR count). The molecule has 0 spiro atoms. The van der Waals surface area contributed by atoms with Gasteiger partial charge in [-0.05, 0) is 32.2 Å². The van der Waals surface area contributed by atoms with Crippen LogP contribution in [0.2, 0.25) is 0 Å². The van der Waals surface area contributed by atoms with Gasteiger partial charge in [0.1, 0.15) is 0 Å². The van der Waals surface area contributed by atoms with Crippen LogP contribution in [0.4, 0.5) is 0 Å². The molecule has 0 bridgehead atoms. The fourth-order valence-electron chi connectivity index (χ4n) is 2.70. The smallest absolute Gasteiger partial charge is 0.00923 e. The molecule has 2 heteroatoms. The molecular formula is C13H26BrN. The number of hydrogen-bond acceptors (Lipinski definition) is 1. The van der Waals surface area contributed by atoms with Gasteiger partial charge in [-0.25, -0.2) is 0 Å². The lowest BCUT2D eigenvalue weighted by atomic mass is 9.93. The van der Waals surface area contributed by atoms with Crippen LogP contribution in [-0.4, -0.2) is 29.9 Å². The first-order valence-corrected chi connectivity index (χ1v) is 7.66. The Morgan fingerprint density at radius 1 is 1.27 bits per heavy atom. The van der Waals surface area contributed by atoms with Crippen LogP contribution in [0.25, 0.3) is 0 Å². The standard InChI is InChI=1S/C13H26BrN/c1-3-7-12(10-14)11-15(2)13-8-5-4-6-9-13/h12-13H,3-11H2,1-2H3. The van der Waals surface area contributed by atoms with Crippen LogP contribution in [0.15, 0.2) is 0 Å². The minimum absolute atomic E-state index is 0.849. The van der Waals surface area contributed by atoms with Crippen molar-refractivity contribution in [2.45, 2.75) is 57.9 Å². The molecule has 0 saturated heterocycles. The van der Waals surface area contributed by atoms with Crippen LogP contribution in [-0.2, 0) is 0 Å². The zero-order valence-electron chi connectivity index (χ0n) is 10.3. The van der Waals surface area contributed by atoms with Gasteiger partial charge in [-0.3, -0.25) is 0 Å². The topological polar surface area (TPSA) is 3.24 Å². The van der Waals surface area contributed by atoms with Gasteiger partial charge in [0, 0.05) is 17.9 Å². The summed E-state index contributed by atoms with van der Waals surface area (Å²) in [4.78, 5) is 2.61. The van der Waals surface area contributed by atoms with Gasteiger partial charge in [0.15, 0.2) is 0 Å². The Labute approximate surface area is 104 Å². The lowest BCUT2D eigenvalue weighted by Crippen LogP contribution is -2.37. The van der Waals surface area contributed by atoms with E-state index in [0.717, 1.165) is 17.3 Å². The second kappa shape index (κ2) is 7.67. The second-order valence-corrected chi connectivity index (χ2v) is 5.69. The summed E-state index contributed by atoms with van der Waals surface area (Å²) in [6, 6.07) is 0.872. The largest absolute Gasteiger partial charge is 0.303 e. The molecule has 1 saturated carbocycles. The van der Waals surface area contributed by atoms with E-state index in [-0.39, 0.29) is 0 Å². The molecule has 0 radical (unpaired) electrons. The van der Waals surface area contributed by atoms with E-state index >= 15 is 0 Å². The van der Waals surface area contributed by atoms with E-state index in [9.17, 15) is 0 Å². The predicted octanol–water partition coefficient (Wildman–Crippen LogP) is 4.06. The van der Waals surface area contributed by atoms with E-state index in [0.29, 0.717) is 0 Å². The lowest BCUT2D eigenvalue weighted by molar-refractivity contribution is 0.169. The molecule has 0 aromatic carbocycles. The molecular weight excluding hydrogens is 250 g/mol. The highest BCUT2D eigenvalue weighted by Crippen LogP contribution is 2.23. The maximum atomic E-state index is 3.64. The average molecular weight is 276 g/mol. The molecule has 0 aromatic rings. The summed E-state index contributed by atoms with van der Waals surface area (Å²) in [6.45, 7) is 3.57. The molecule has 0 aromatic heterocycles. The van der Waals surface area contributed by atoms with E-state index < -0.39 is 0 Å². The summed E-state index contributed by atoms with van der Waals surface area (Å²) in [5.74, 6) is 0.849. The summed E-state index contributed by atoms with van der Waals surface area (Å²) < 4.78 is 0. The highest BCUT2D eigenvalue weighted by Gasteiger charge is 2.19. The molecule has 1 nitrogen and oxygen atoms in total. The summed E-state index contributed by atoms with van der Waals surface area (Å²) >= 11 is 3.64. The Bertz CT molecular complexity index is 155. The summed E-state index contributed by atoms with van der Waals surface area (Å²) in [7, 11) is 2.32. The minimum atomic E-state index is 0.849. The molecule has 1 aliphatic carbocycles. The SMILES string of the molecule is CCCC(CBr)CN(C)C1CCCCC1. The molecule has 1 aliphatic rings. The Morgan fingerprint density at radius 2 is 1.93 bits per heavy atom. The molecule has 90 valence electrons. The highest BCUT2D eigenvalue weighted by atomic mass is 79.9. The first-order valence-electron chi connectivity index (χ1n) is 6.54. The van der Waals surface area contributed by atoms with Gasteiger partial charge >= 0.3 is 0 Å². The van der Waals surface area contributed by atoms with Crippen molar-refractivity contribution in [3.05, 3.63) is 0 Å². The Morgan fingerprint density at radius 3 is 2.47 bits per heavy atom. The number of hydrogen-bond donors (Lipinski definition) is 0. The quantitative estimate of drug-likeness (QED) is 0.661. The molecule has 1 atom stereocenters. The fourth-order valence-corrected chi connectivity index (χ4v) is 3.23. The molecule has 15 heavy (non-hydrogen) atoms. The van der Waals surface area contributed by atoms with Crippen molar-refractivity contribution in [2.75, 3.05) is 18.9 Å². The maximum Gasteiger partial charge on any atom is 0.00923 e. The second-order valence-electron chi connectivity index (χ2n) is 5.04. The van der Waals surface area contributed by atoms with E-state index in [4.69, 9.17) is 0 Å². The van der Waals surface area contributed by atoms with Crippen molar-refractivity contribution in [2.24, 2.45) is 5.92 Å². The van der Waals surface area contributed by atoms with Crippen molar-refractivity contribution < 1.29 is 0 Å². The van der Waals surface area contributed by atoms with Gasteiger partial charge in [0.25, 0.3) is 0 Å². The van der Waals surface area contributed by atoms with Crippen molar-refractivity contribution in [1.82, 2.24) is 4.90 Å². The molecule has 1 unspecified atom stereocenters. The minimum Gasteiger partial charge on any atom is -0.303 e. The number of nitrogens with zero attached hydrogens (tertiary/aromatic N) is 1. The van der Waals surface area contributed by atoms with E-state index in [2.05, 4.69) is 34.8 Å². The average Bonchev–Trinajstić information content (AvgIpc) is 2.29. The van der Waals surface area contributed by atoms with E-state index in [1.54, 1.807) is 0 Å². The number of rotatable bonds is 6. The van der Waals surface area contributed by atoms with Crippen molar-refractivity contribution in [1.29, 1.82) is 0 Å². The molecule has 0 aliphatic heterocycles. The van der Waals surface area contributed by atoms with Crippen molar-refractivity contribution in [3.63, 3.8) is 0 Å². The first kappa shape index (κ1) is 13.5. The molecule has 0 heterocycles. The predicted molar refractivity (Wildman–Crippen MR) is 71.7 cm³/mol. The molecule has 0 amide bonds. The Kier molecular flexibility index (Phi) is 6.91. The number of halogens is 1. The highest BCUT2D eigenvalue weighted by molar-refractivity contribution is 9.09. The van der Waals surface area contributed by atoms with Gasteiger partial charge in [-0.1, -0.05) is 48.5 Å². The van der Waals surface area contributed by atoms with E-state index in [1.807, 2.05) is 0 Å². The monoisotopic (exact) mass is 275 g/mol. The fraction of sp³-hybridized carbons (Fsp3) is 1.00. The number of alkyl halides is 1. The maximum absolute atomic E-state index is 3.64. The van der Waals surface area contributed by atoms with Gasteiger partial charge in [0.2, 0.25) is 0 Å². The zero-order valence-corrected chi connectivity index (χ0v) is 11.9. The molecule has 0 N–H and O–H groups in total. The van der Waals surface area contributed by atoms with Crippen LogP contribution in [0.3, 0.4) is 0 Å². The summed E-state index contributed by atoms with van der Waals surface area (Å²) in [6.07, 6.45) is 9.89. The van der Waals surface area contributed by atoms with Gasteiger partial charge in [-0.2, -0.15) is 0 Å². The van der Waals surface area contributed by atoms with Crippen LogP contribution < -0.4 is 0 Å². The van der Waals surface area contributed by atoms with Crippen LogP contribution in [0.1, 0.15) is 51.9 Å². The summed E-state index contributed by atoms with van der Waals surface area (Å²) in [5.41, 5.74) is 0. The van der Waals surface area contributed by atoms with Gasteiger partial charge in [0.05, 0.1) is 0 Å². The van der Waals surface area contributed by atoms with Crippen LogP contribution >= 0.6 is 15.9 Å². The van der Waals surface area contributed by atoms with Crippen molar-refractivity contribution >= 4 is 15.9 Å². The van der Waals surface area contributed by atoms with Crippen LogP contribution in [0.5, 0.6) is 0 Å². The molecule has 1 fully saturated rings. The third-order valence-corrected chi connectivity index (χ3v) is 4.58.